The number of hydrogen-bond acceptors (Lipinski definition) is 2. The number of fused-ring (bicyclic) bond motifs is 1. The fourth-order valence-electron chi connectivity index (χ4n) is 3.52. The average molecular weight is 495 g/mol. The van der Waals surface area contributed by atoms with Gasteiger partial charge in [0.1, 0.15) is 22.9 Å². The summed E-state index contributed by atoms with van der Waals surface area (Å²) < 4.78 is 68.8. The summed E-state index contributed by atoms with van der Waals surface area (Å²) in [5.74, 6) is -4.61. The van der Waals surface area contributed by atoms with Gasteiger partial charge in [-0.3, -0.25) is 4.79 Å². The molecule has 0 aliphatic carbocycles. The van der Waals surface area contributed by atoms with E-state index in [1.54, 1.807) is 0 Å². The Labute approximate surface area is 192 Å². The molecule has 0 saturated carbocycles. The largest absolute Gasteiger partial charge is 0.478 e. The summed E-state index contributed by atoms with van der Waals surface area (Å²) in [7, 11) is 0. The smallest absolute Gasteiger partial charge is 0.431 e. The molecule has 4 aromatic rings. The number of rotatable bonds is 4. The number of aromatic amines is 1. The highest BCUT2D eigenvalue weighted by Crippen LogP contribution is 2.42. The maximum atomic E-state index is 13.8. The minimum absolute atomic E-state index is 0.0348. The number of amides is 1. The van der Waals surface area contributed by atoms with Crippen molar-refractivity contribution in [1.29, 1.82) is 0 Å². The molecule has 3 aromatic carbocycles. The quantitative estimate of drug-likeness (QED) is 0.275. The van der Waals surface area contributed by atoms with Crippen molar-refractivity contribution in [3.8, 4) is 11.1 Å². The van der Waals surface area contributed by atoms with E-state index < -0.39 is 40.9 Å². The third-order valence-electron chi connectivity index (χ3n) is 5.02. The normalized spacial score (nSPS) is 11.6. The topological polar surface area (TPSA) is 82.2 Å². The average Bonchev–Trinajstić information content (AvgIpc) is 3.12. The second-order valence-electron chi connectivity index (χ2n) is 7.18. The highest BCUT2D eigenvalue weighted by atomic mass is 35.5. The molecule has 1 heterocycles. The van der Waals surface area contributed by atoms with Crippen LogP contribution in [0.5, 0.6) is 0 Å². The van der Waals surface area contributed by atoms with Crippen molar-refractivity contribution >= 4 is 40.1 Å². The number of halogens is 6. The van der Waals surface area contributed by atoms with Crippen molar-refractivity contribution in [1.82, 2.24) is 4.98 Å². The molecule has 0 bridgehead atoms. The van der Waals surface area contributed by atoms with E-state index in [1.807, 2.05) is 0 Å². The van der Waals surface area contributed by atoms with E-state index in [4.69, 9.17) is 11.6 Å². The first-order chi connectivity index (χ1) is 16.0. The van der Waals surface area contributed by atoms with Crippen LogP contribution in [-0.4, -0.2) is 22.0 Å². The number of carbonyl (C=O) groups is 2. The Morgan fingerprint density at radius 2 is 1.59 bits per heavy atom. The van der Waals surface area contributed by atoms with Gasteiger partial charge < -0.3 is 15.4 Å². The summed E-state index contributed by atoms with van der Waals surface area (Å²) in [6, 6.07) is 10.1. The number of aromatic nitrogens is 1. The monoisotopic (exact) mass is 494 g/mol. The molecular weight excluding hydrogens is 483 g/mol. The molecule has 0 atom stereocenters. The molecular formula is C23H12ClF5N2O3. The van der Waals surface area contributed by atoms with E-state index in [9.17, 15) is 36.6 Å². The van der Waals surface area contributed by atoms with Crippen LogP contribution in [0, 0.1) is 11.6 Å². The van der Waals surface area contributed by atoms with Gasteiger partial charge in [-0.2, -0.15) is 13.2 Å². The van der Waals surface area contributed by atoms with E-state index in [-0.39, 0.29) is 38.3 Å². The maximum Gasteiger partial charge on any atom is 0.431 e. The van der Waals surface area contributed by atoms with E-state index in [1.165, 1.54) is 24.3 Å². The van der Waals surface area contributed by atoms with E-state index in [2.05, 4.69) is 10.3 Å². The van der Waals surface area contributed by atoms with Gasteiger partial charge in [0, 0.05) is 22.2 Å². The van der Waals surface area contributed by atoms with Gasteiger partial charge in [0.15, 0.2) is 0 Å². The SMILES string of the molecule is O=C(O)c1cc2[nH]c(C(F)(F)F)c(-c3ccc(NC(=O)c4c(F)cccc4F)cc3)c2cc1Cl. The predicted octanol–water partition coefficient (Wildman–Crippen LogP) is 6.74. The Balaban J connectivity index is 1.75. The Kier molecular flexibility index (Phi) is 5.78. The van der Waals surface area contributed by atoms with Gasteiger partial charge in [0.05, 0.1) is 10.6 Å². The van der Waals surface area contributed by atoms with Crippen LogP contribution in [0.15, 0.2) is 54.6 Å². The second-order valence-corrected chi connectivity index (χ2v) is 7.59. The number of nitrogens with one attached hydrogen (secondary N) is 2. The van der Waals surface area contributed by atoms with Crippen molar-refractivity contribution in [2.45, 2.75) is 6.18 Å². The fraction of sp³-hybridized carbons (Fsp3) is 0.0435. The van der Waals surface area contributed by atoms with Crippen LogP contribution in [0.25, 0.3) is 22.0 Å². The third-order valence-corrected chi connectivity index (χ3v) is 5.33. The first-order valence-electron chi connectivity index (χ1n) is 9.49. The first-order valence-corrected chi connectivity index (χ1v) is 9.86. The van der Waals surface area contributed by atoms with Crippen molar-refractivity contribution < 1.29 is 36.6 Å². The molecule has 1 aromatic heterocycles. The number of carbonyl (C=O) groups excluding carboxylic acids is 1. The second kappa shape index (κ2) is 8.45. The lowest BCUT2D eigenvalue weighted by atomic mass is 10.00. The lowest BCUT2D eigenvalue weighted by molar-refractivity contribution is -0.140. The summed E-state index contributed by atoms with van der Waals surface area (Å²) in [5.41, 5.74) is -2.49. The Bertz CT molecular complexity index is 1430. The predicted molar refractivity (Wildman–Crippen MR) is 115 cm³/mol. The standard InChI is InChI=1S/C23H12ClF5N2O3/c24-14-8-13-17(9-12(14)22(33)34)31-20(23(27,28)29)18(13)10-4-6-11(7-5-10)30-21(32)19-15(25)2-1-3-16(19)26/h1-9,31H,(H,30,32)(H,33,34). The molecule has 0 spiro atoms. The van der Waals surface area contributed by atoms with Gasteiger partial charge in [-0.15, -0.1) is 0 Å². The van der Waals surface area contributed by atoms with Crippen molar-refractivity contribution in [3.05, 3.63) is 88.1 Å². The van der Waals surface area contributed by atoms with E-state index in [0.717, 1.165) is 30.3 Å². The molecule has 3 N–H and O–H groups in total. The Morgan fingerprint density at radius 1 is 0.971 bits per heavy atom. The summed E-state index contributed by atoms with van der Waals surface area (Å²) >= 11 is 5.96. The van der Waals surface area contributed by atoms with Crippen LogP contribution in [0.2, 0.25) is 5.02 Å². The molecule has 11 heteroatoms. The number of anilines is 1. The number of carboxylic acid groups (broad SMARTS) is 1. The zero-order chi connectivity index (χ0) is 24.8. The molecule has 34 heavy (non-hydrogen) atoms. The number of alkyl halides is 3. The Morgan fingerprint density at radius 3 is 2.15 bits per heavy atom. The van der Waals surface area contributed by atoms with Crippen LogP contribution in [0.1, 0.15) is 26.4 Å². The molecule has 0 aliphatic heterocycles. The summed E-state index contributed by atoms with van der Waals surface area (Å²) in [6.07, 6.45) is -4.81. The zero-order valence-electron chi connectivity index (χ0n) is 16.7. The lowest BCUT2D eigenvalue weighted by Gasteiger charge is -2.11. The highest BCUT2D eigenvalue weighted by molar-refractivity contribution is 6.34. The molecule has 0 radical (unpaired) electrons. The van der Waals surface area contributed by atoms with Crippen LogP contribution in [0.3, 0.4) is 0 Å². The van der Waals surface area contributed by atoms with Crippen molar-refractivity contribution in [2.24, 2.45) is 0 Å². The van der Waals surface area contributed by atoms with Gasteiger partial charge in [-0.25, -0.2) is 13.6 Å². The first kappa shape index (κ1) is 23.2. The van der Waals surface area contributed by atoms with Gasteiger partial charge in [0.25, 0.3) is 5.91 Å². The fourth-order valence-corrected chi connectivity index (χ4v) is 3.76. The number of benzene rings is 3. The van der Waals surface area contributed by atoms with E-state index >= 15 is 0 Å². The molecule has 0 saturated heterocycles. The zero-order valence-corrected chi connectivity index (χ0v) is 17.5. The Hall–Kier alpha value is -3.92. The number of H-pyrrole nitrogens is 1. The maximum absolute atomic E-state index is 13.8. The lowest BCUT2D eigenvalue weighted by Crippen LogP contribution is -2.15. The van der Waals surface area contributed by atoms with Crippen LogP contribution >= 0.6 is 11.6 Å². The molecule has 0 fully saturated rings. The van der Waals surface area contributed by atoms with Crippen molar-refractivity contribution in [2.75, 3.05) is 5.32 Å². The van der Waals surface area contributed by atoms with E-state index in [0.29, 0.717) is 0 Å². The summed E-state index contributed by atoms with van der Waals surface area (Å²) in [5, 5.41) is 11.3. The van der Waals surface area contributed by atoms with Crippen LogP contribution < -0.4 is 5.32 Å². The molecule has 1 amide bonds. The molecule has 0 unspecified atom stereocenters. The summed E-state index contributed by atoms with van der Waals surface area (Å²) in [4.78, 5) is 25.7. The third kappa shape index (κ3) is 4.19. The van der Waals surface area contributed by atoms with Gasteiger partial charge in [-0.05, 0) is 42.0 Å². The number of carboxylic acids is 1. The molecule has 4 rings (SSSR count). The van der Waals surface area contributed by atoms with Gasteiger partial charge in [0.2, 0.25) is 0 Å². The molecule has 174 valence electrons. The number of aromatic carboxylic acids is 1. The highest BCUT2D eigenvalue weighted by Gasteiger charge is 2.37. The number of hydrogen-bond donors (Lipinski definition) is 3. The van der Waals surface area contributed by atoms with Gasteiger partial charge >= 0.3 is 12.1 Å². The van der Waals surface area contributed by atoms with Crippen molar-refractivity contribution in [3.63, 3.8) is 0 Å². The molecule has 5 nitrogen and oxygen atoms in total. The summed E-state index contributed by atoms with van der Waals surface area (Å²) in [6.45, 7) is 0. The van der Waals surface area contributed by atoms with Crippen LogP contribution in [-0.2, 0) is 6.18 Å². The van der Waals surface area contributed by atoms with Gasteiger partial charge in [-0.1, -0.05) is 29.8 Å². The molecule has 0 aliphatic rings. The van der Waals surface area contributed by atoms with Crippen LogP contribution in [0.4, 0.5) is 27.6 Å². The minimum Gasteiger partial charge on any atom is -0.478 e. The minimum atomic E-state index is -4.81.